The third-order valence-electron chi connectivity index (χ3n) is 3.72. The van der Waals surface area contributed by atoms with Crippen LogP contribution in [0.25, 0.3) is 0 Å². The minimum absolute atomic E-state index is 0.798. The summed E-state index contributed by atoms with van der Waals surface area (Å²) in [4.78, 5) is 10.3. The molecule has 0 unspecified atom stereocenters. The summed E-state index contributed by atoms with van der Waals surface area (Å²) in [6.45, 7) is 10.5. The van der Waals surface area contributed by atoms with Crippen LogP contribution in [-0.2, 0) is 19.5 Å². The molecule has 0 aliphatic rings. The number of nitrogens with one attached hydrogen (secondary N) is 1. The van der Waals surface area contributed by atoms with Crippen LogP contribution in [0.3, 0.4) is 0 Å². The van der Waals surface area contributed by atoms with Gasteiger partial charge in [-0.3, -0.25) is 4.90 Å². The van der Waals surface area contributed by atoms with E-state index in [1.165, 1.54) is 5.56 Å². The van der Waals surface area contributed by atoms with Crippen LogP contribution in [0, 0.1) is 6.92 Å². The van der Waals surface area contributed by atoms with E-state index in [-0.39, 0.29) is 0 Å². The molecule has 0 saturated heterocycles. The zero-order valence-electron chi connectivity index (χ0n) is 13.7. The van der Waals surface area contributed by atoms with Gasteiger partial charge in [-0.15, -0.1) is 6.58 Å². The second-order valence-corrected chi connectivity index (χ2v) is 5.38. The average molecular weight is 299 g/mol. The molecule has 4 heteroatoms. The Morgan fingerprint density at radius 3 is 2.73 bits per heavy atom. The lowest BCUT2D eigenvalue weighted by Gasteiger charge is -2.21. The van der Waals surface area contributed by atoms with Crippen molar-refractivity contribution in [2.24, 2.45) is 0 Å². The third-order valence-corrected chi connectivity index (χ3v) is 3.72. The number of imidazole rings is 1. The number of ether oxygens (including phenoxy) is 1. The SMILES string of the molecule is C=CCN(Cc1ccccc1OC)Cc1nc(CC)[nH]c1C. The Bertz CT molecular complexity index is 619. The summed E-state index contributed by atoms with van der Waals surface area (Å²) in [6.07, 6.45) is 2.85. The first-order valence-electron chi connectivity index (χ1n) is 7.67. The maximum atomic E-state index is 5.45. The summed E-state index contributed by atoms with van der Waals surface area (Å²) in [5.41, 5.74) is 3.43. The molecule has 0 amide bonds. The Morgan fingerprint density at radius 1 is 1.32 bits per heavy atom. The molecule has 1 aromatic heterocycles. The standard InChI is InChI=1S/C18H25N3O/c1-5-11-21(12-15-9-7-8-10-17(15)22-4)13-16-14(3)19-18(6-2)20-16/h5,7-10H,1,6,11-13H2,2-4H3,(H,19,20). The lowest BCUT2D eigenvalue weighted by atomic mass is 10.1. The molecule has 2 aromatic rings. The fourth-order valence-corrected chi connectivity index (χ4v) is 2.54. The Labute approximate surface area is 132 Å². The lowest BCUT2D eigenvalue weighted by Crippen LogP contribution is -2.23. The van der Waals surface area contributed by atoms with Crippen molar-refractivity contribution in [3.05, 3.63) is 59.7 Å². The van der Waals surface area contributed by atoms with Gasteiger partial charge >= 0.3 is 0 Å². The van der Waals surface area contributed by atoms with E-state index in [0.29, 0.717) is 0 Å². The van der Waals surface area contributed by atoms with Gasteiger partial charge in [0.15, 0.2) is 0 Å². The van der Waals surface area contributed by atoms with Gasteiger partial charge in [0.05, 0.1) is 12.8 Å². The molecule has 0 saturated carbocycles. The normalized spacial score (nSPS) is 10.9. The third kappa shape index (κ3) is 3.98. The number of hydrogen-bond acceptors (Lipinski definition) is 3. The van der Waals surface area contributed by atoms with Gasteiger partial charge < -0.3 is 9.72 Å². The summed E-state index contributed by atoms with van der Waals surface area (Å²) < 4.78 is 5.45. The smallest absolute Gasteiger partial charge is 0.123 e. The first-order valence-corrected chi connectivity index (χ1v) is 7.67. The maximum absolute atomic E-state index is 5.45. The van der Waals surface area contributed by atoms with Crippen molar-refractivity contribution in [3.63, 3.8) is 0 Å². The molecule has 1 heterocycles. The maximum Gasteiger partial charge on any atom is 0.123 e. The molecule has 0 aliphatic carbocycles. The van der Waals surface area contributed by atoms with Crippen LogP contribution >= 0.6 is 0 Å². The van der Waals surface area contributed by atoms with Crippen LogP contribution < -0.4 is 4.74 Å². The van der Waals surface area contributed by atoms with Crippen molar-refractivity contribution in [2.75, 3.05) is 13.7 Å². The molecule has 1 N–H and O–H groups in total. The molecular weight excluding hydrogens is 274 g/mol. The molecule has 118 valence electrons. The van der Waals surface area contributed by atoms with E-state index in [2.05, 4.69) is 41.4 Å². The number of hydrogen-bond donors (Lipinski definition) is 1. The van der Waals surface area contributed by atoms with Gasteiger partial charge in [0.1, 0.15) is 11.6 Å². The fraction of sp³-hybridized carbons (Fsp3) is 0.389. The van der Waals surface area contributed by atoms with E-state index in [1.54, 1.807) is 7.11 Å². The van der Waals surface area contributed by atoms with Gasteiger partial charge in [-0.1, -0.05) is 31.2 Å². The molecule has 0 bridgehead atoms. The molecule has 0 atom stereocenters. The molecule has 0 fully saturated rings. The highest BCUT2D eigenvalue weighted by Gasteiger charge is 2.13. The summed E-state index contributed by atoms with van der Waals surface area (Å²) in [5.74, 6) is 1.97. The van der Waals surface area contributed by atoms with E-state index in [0.717, 1.165) is 49.0 Å². The van der Waals surface area contributed by atoms with Gasteiger partial charge in [-0.05, 0) is 13.0 Å². The Hall–Kier alpha value is -2.07. The second kappa shape index (κ2) is 7.80. The minimum Gasteiger partial charge on any atom is -0.496 e. The number of methoxy groups -OCH3 is 1. The van der Waals surface area contributed by atoms with E-state index in [4.69, 9.17) is 4.74 Å². The second-order valence-electron chi connectivity index (χ2n) is 5.38. The average Bonchev–Trinajstić information content (AvgIpc) is 2.88. The summed E-state index contributed by atoms with van der Waals surface area (Å²) in [7, 11) is 1.71. The first kappa shape index (κ1) is 16.3. The molecule has 0 aliphatic heterocycles. The molecule has 4 nitrogen and oxygen atoms in total. The number of benzene rings is 1. The van der Waals surface area contributed by atoms with Crippen molar-refractivity contribution in [1.29, 1.82) is 0 Å². The molecule has 22 heavy (non-hydrogen) atoms. The van der Waals surface area contributed by atoms with Crippen molar-refractivity contribution in [2.45, 2.75) is 33.4 Å². The van der Waals surface area contributed by atoms with Gasteiger partial charge in [0.2, 0.25) is 0 Å². The Kier molecular flexibility index (Phi) is 5.78. The fourth-order valence-electron chi connectivity index (χ4n) is 2.54. The predicted octanol–water partition coefficient (Wildman–Crippen LogP) is 3.48. The number of H-pyrrole nitrogens is 1. The van der Waals surface area contributed by atoms with Crippen LogP contribution in [0.5, 0.6) is 5.75 Å². The number of para-hydroxylation sites is 1. The largest absolute Gasteiger partial charge is 0.496 e. The van der Waals surface area contributed by atoms with E-state index < -0.39 is 0 Å². The number of nitrogens with zero attached hydrogens (tertiary/aromatic N) is 2. The Morgan fingerprint density at radius 2 is 2.09 bits per heavy atom. The molecule has 0 radical (unpaired) electrons. The zero-order valence-corrected chi connectivity index (χ0v) is 13.7. The number of aromatic amines is 1. The van der Waals surface area contributed by atoms with Crippen LogP contribution in [0.4, 0.5) is 0 Å². The van der Waals surface area contributed by atoms with Crippen molar-refractivity contribution in [3.8, 4) is 5.75 Å². The van der Waals surface area contributed by atoms with Crippen LogP contribution in [0.2, 0.25) is 0 Å². The van der Waals surface area contributed by atoms with Gasteiger partial charge in [0.25, 0.3) is 0 Å². The molecular formula is C18H25N3O. The molecule has 2 rings (SSSR count). The molecule has 0 spiro atoms. The van der Waals surface area contributed by atoms with Crippen LogP contribution in [0.15, 0.2) is 36.9 Å². The molecule has 1 aromatic carbocycles. The van der Waals surface area contributed by atoms with Crippen molar-refractivity contribution >= 4 is 0 Å². The highest BCUT2D eigenvalue weighted by atomic mass is 16.5. The van der Waals surface area contributed by atoms with E-state index in [1.807, 2.05) is 24.3 Å². The number of aryl methyl sites for hydroxylation is 2. The minimum atomic E-state index is 0.798. The van der Waals surface area contributed by atoms with Crippen LogP contribution in [-0.4, -0.2) is 28.5 Å². The summed E-state index contributed by atoms with van der Waals surface area (Å²) >= 11 is 0. The van der Waals surface area contributed by atoms with Gasteiger partial charge in [0, 0.05) is 37.3 Å². The van der Waals surface area contributed by atoms with E-state index >= 15 is 0 Å². The topological polar surface area (TPSA) is 41.1 Å². The number of aromatic nitrogens is 2. The highest BCUT2D eigenvalue weighted by Crippen LogP contribution is 2.20. The summed E-state index contributed by atoms with van der Waals surface area (Å²) in [5, 5.41) is 0. The first-order chi connectivity index (χ1) is 10.7. The quantitative estimate of drug-likeness (QED) is 0.759. The predicted molar refractivity (Wildman–Crippen MR) is 90.0 cm³/mol. The van der Waals surface area contributed by atoms with E-state index in [9.17, 15) is 0 Å². The highest BCUT2D eigenvalue weighted by molar-refractivity contribution is 5.33. The van der Waals surface area contributed by atoms with Crippen molar-refractivity contribution < 1.29 is 4.74 Å². The lowest BCUT2D eigenvalue weighted by molar-refractivity contribution is 0.276. The number of rotatable bonds is 8. The van der Waals surface area contributed by atoms with Crippen LogP contribution in [0.1, 0.15) is 29.7 Å². The zero-order chi connectivity index (χ0) is 15.9. The van der Waals surface area contributed by atoms with Crippen molar-refractivity contribution in [1.82, 2.24) is 14.9 Å². The van der Waals surface area contributed by atoms with Gasteiger partial charge in [-0.25, -0.2) is 4.98 Å². The monoisotopic (exact) mass is 299 g/mol. The van der Waals surface area contributed by atoms with Gasteiger partial charge in [-0.2, -0.15) is 0 Å². The summed E-state index contributed by atoms with van der Waals surface area (Å²) in [6, 6.07) is 8.13. The Balaban J connectivity index is 2.15.